The zero-order valence-electron chi connectivity index (χ0n) is 10.9. The van der Waals surface area contributed by atoms with E-state index in [0.29, 0.717) is 5.92 Å². The van der Waals surface area contributed by atoms with Crippen LogP contribution in [0.25, 0.3) is 10.9 Å². The van der Waals surface area contributed by atoms with Gasteiger partial charge >= 0.3 is 0 Å². The third kappa shape index (κ3) is 3.44. The van der Waals surface area contributed by atoms with Gasteiger partial charge < -0.3 is 5.32 Å². The summed E-state index contributed by atoms with van der Waals surface area (Å²) < 4.78 is 0. The van der Waals surface area contributed by atoms with Gasteiger partial charge in [-0.05, 0) is 18.1 Å². The molecule has 1 aromatic heterocycles. The first-order valence-corrected chi connectivity index (χ1v) is 6.80. The van der Waals surface area contributed by atoms with Crippen LogP contribution in [-0.2, 0) is 6.54 Å². The Morgan fingerprint density at radius 2 is 1.94 bits per heavy atom. The van der Waals surface area contributed by atoms with Crippen LogP contribution in [0.3, 0.4) is 0 Å². The highest BCUT2D eigenvalue weighted by molar-refractivity contribution is 6.20. The summed E-state index contributed by atoms with van der Waals surface area (Å²) in [4.78, 5) is 4.61. The normalized spacial score (nSPS) is 13.1. The molecule has 3 heteroatoms. The molecule has 2 nitrogen and oxygen atoms in total. The van der Waals surface area contributed by atoms with Crippen LogP contribution >= 0.6 is 11.6 Å². The fourth-order valence-electron chi connectivity index (χ4n) is 1.78. The molecule has 96 valence electrons. The van der Waals surface area contributed by atoms with Crippen LogP contribution < -0.4 is 5.32 Å². The van der Waals surface area contributed by atoms with E-state index in [-0.39, 0.29) is 5.38 Å². The van der Waals surface area contributed by atoms with Gasteiger partial charge in [0.15, 0.2) is 0 Å². The molecule has 0 aliphatic rings. The van der Waals surface area contributed by atoms with E-state index in [2.05, 4.69) is 42.3 Å². The highest BCUT2D eigenvalue weighted by atomic mass is 35.5. The second-order valence-corrected chi connectivity index (χ2v) is 5.45. The van der Waals surface area contributed by atoms with Crippen LogP contribution in [0.4, 0.5) is 0 Å². The summed E-state index contributed by atoms with van der Waals surface area (Å²) in [7, 11) is 0. The number of pyridine rings is 1. The average Bonchev–Trinajstić information content (AvgIpc) is 2.38. The Labute approximate surface area is 113 Å². The lowest BCUT2D eigenvalue weighted by molar-refractivity contribution is 0.543. The first kappa shape index (κ1) is 13.3. The Hall–Kier alpha value is -1.12. The summed E-state index contributed by atoms with van der Waals surface area (Å²) in [5.74, 6) is 0.490. The van der Waals surface area contributed by atoms with Crippen molar-refractivity contribution in [3.05, 3.63) is 42.1 Å². The summed E-state index contributed by atoms with van der Waals surface area (Å²) in [6.07, 6.45) is 0. The lowest BCUT2D eigenvalue weighted by Gasteiger charge is -2.13. The molecule has 1 N–H and O–H groups in total. The maximum Gasteiger partial charge on any atom is 0.0705 e. The Morgan fingerprint density at radius 3 is 2.72 bits per heavy atom. The van der Waals surface area contributed by atoms with E-state index < -0.39 is 0 Å². The van der Waals surface area contributed by atoms with E-state index in [1.165, 1.54) is 5.39 Å². The molecule has 0 saturated carbocycles. The minimum atomic E-state index is 0.172. The zero-order chi connectivity index (χ0) is 13.0. The van der Waals surface area contributed by atoms with Crippen molar-refractivity contribution < 1.29 is 0 Å². The van der Waals surface area contributed by atoms with Gasteiger partial charge in [-0.15, -0.1) is 11.6 Å². The molecule has 2 rings (SSSR count). The Bertz CT molecular complexity index is 511. The Morgan fingerprint density at radius 1 is 1.17 bits per heavy atom. The zero-order valence-corrected chi connectivity index (χ0v) is 11.6. The molecule has 1 heterocycles. The number of fused-ring (bicyclic) bond motifs is 1. The predicted octanol–water partition coefficient (Wildman–Crippen LogP) is 3.59. The van der Waals surface area contributed by atoms with Gasteiger partial charge in [-0.25, -0.2) is 0 Å². The van der Waals surface area contributed by atoms with Gasteiger partial charge in [-0.1, -0.05) is 38.1 Å². The Balaban J connectivity index is 1.96. The molecule has 0 radical (unpaired) electrons. The van der Waals surface area contributed by atoms with Crippen LogP contribution in [-0.4, -0.2) is 16.9 Å². The van der Waals surface area contributed by atoms with E-state index in [9.17, 15) is 0 Å². The van der Waals surface area contributed by atoms with Crippen molar-refractivity contribution in [3.8, 4) is 0 Å². The van der Waals surface area contributed by atoms with Gasteiger partial charge in [0.2, 0.25) is 0 Å². The van der Waals surface area contributed by atoms with E-state index in [4.69, 9.17) is 11.6 Å². The van der Waals surface area contributed by atoms with Gasteiger partial charge in [-0.3, -0.25) is 4.98 Å². The van der Waals surface area contributed by atoms with Crippen LogP contribution in [0.5, 0.6) is 0 Å². The van der Waals surface area contributed by atoms with Gasteiger partial charge in [0.25, 0.3) is 0 Å². The van der Waals surface area contributed by atoms with Crippen LogP contribution in [0, 0.1) is 5.92 Å². The SMILES string of the molecule is CC(C)C(Cl)CNCc1ccc2ccccc2n1. The van der Waals surface area contributed by atoms with E-state index in [1.807, 2.05) is 18.2 Å². The summed E-state index contributed by atoms with van der Waals surface area (Å²) in [6, 6.07) is 12.3. The third-order valence-corrected chi connectivity index (χ3v) is 3.68. The van der Waals surface area contributed by atoms with Crippen LogP contribution in [0.15, 0.2) is 36.4 Å². The smallest absolute Gasteiger partial charge is 0.0705 e. The lowest BCUT2D eigenvalue weighted by Crippen LogP contribution is -2.26. The second kappa shape index (κ2) is 6.17. The number of nitrogens with one attached hydrogen (secondary N) is 1. The average molecular weight is 263 g/mol. The predicted molar refractivity (Wildman–Crippen MR) is 77.9 cm³/mol. The summed E-state index contributed by atoms with van der Waals surface area (Å²) in [5.41, 5.74) is 2.10. The molecule has 1 atom stereocenters. The number of alkyl halides is 1. The summed E-state index contributed by atoms with van der Waals surface area (Å²) in [6.45, 7) is 5.84. The summed E-state index contributed by atoms with van der Waals surface area (Å²) in [5, 5.41) is 4.70. The number of aromatic nitrogens is 1. The molecule has 0 saturated heterocycles. The quantitative estimate of drug-likeness (QED) is 0.833. The van der Waals surface area contributed by atoms with E-state index in [0.717, 1.165) is 24.3 Å². The molecule has 1 aromatic carbocycles. The fourth-order valence-corrected chi connectivity index (χ4v) is 1.89. The van der Waals surface area contributed by atoms with Gasteiger partial charge in [0.1, 0.15) is 0 Å². The number of hydrogen-bond acceptors (Lipinski definition) is 2. The van der Waals surface area contributed by atoms with Crippen molar-refractivity contribution in [2.45, 2.75) is 25.8 Å². The monoisotopic (exact) mass is 262 g/mol. The second-order valence-electron chi connectivity index (χ2n) is 4.89. The largest absolute Gasteiger partial charge is 0.310 e. The molecular formula is C15H19ClN2. The van der Waals surface area contributed by atoms with Crippen molar-refractivity contribution in [1.29, 1.82) is 0 Å². The highest BCUT2D eigenvalue weighted by Crippen LogP contribution is 2.12. The number of benzene rings is 1. The van der Waals surface area contributed by atoms with Crippen molar-refractivity contribution in [1.82, 2.24) is 10.3 Å². The number of hydrogen-bond donors (Lipinski definition) is 1. The van der Waals surface area contributed by atoms with E-state index >= 15 is 0 Å². The maximum absolute atomic E-state index is 6.19. The molecule has 0 amide bonds. The molecule has 2 aromatic rings. The fraction of sp³-hybridized carbons (Fsp3) is 0.400. The molecule has 0 bridgehead atoms. The van der Waals surface area contributed by atoms with Gasteiger partial charge in [0, 0.05) is 23.9 Å². The molecule has 18 heavy (non-hydrogen) atoms. The molecule has 0 aliphatic carbocycles. The number of rotatable bonds is 5. The van der Waals surface area contributed by atoms with Crippen LogP contribution in [0.2, 0.25) is 0 Å². The van der Waals surface area contributed by atoms with Crippen LogP contribution in [0.1, 0.15) is 19.5 Å². The lowest BCUT2D eigenvalue weighted by atomic mass is 10.1. The highest BCUT2D eigenvalue weighted by Gasteiger charge is 2.08. The molecule has 1 unspecified atom stereocenters. The van der Waals surface area contributed by atoms with Crippen molar-refractivity contribution in [2.24, 2.45) is 5.92 Å². The number of halogens is 1. The Kier molecular flexibility index (Phi) is 4.56. The van der Waals surface area contributed by atoms with Crippen molar-refractivity contribution >= 4 is 22.5 Å². The first-order chi connectivity index (χ1) is 8.66. The number of nitrogens with zero attached hydrogens (tertiary/aromatic N) is 1. The summed E-state index contributed by atoms with van der Waals surface area (Å²) >= 11 is 6.19. The molecule has 0 spiro atoms. The molecule has 0 fully saturated rings. The third-order valence-electron chi connectivity index (χ3n) is 3.02. The van der Waals surface area contributed by atoms with Crippen molar-refractivity contribution in [2.75, 3.05) is 6.54 Å². The van der Waals surface area contributed by atoms with Gasteiger partial charge in [0.05, 0.1) is 11.2 Å². The minimum Gasteiger partial charge on any atom is -0.310 e. The topological polar surface area (TPSA) is 24.9 Å². The standard InChI is InChI=1S/C15H19ClN2/c1-11(2)14(16)10-17-9-13-8-7-12-5-3-4-6-15(12)18-13/h3-8,11,14,17H,9-10H2,1-2H3. The van der Waals surface area contributed by atoms with Crippen molar-refractivity contribution in [3.63, 3.8) is 0 Å². The minimum absolute atomic E-state index is 0.172. The molecule has 0 aliphatic heterocycles. The maximum atomic E-state index is 6.19. The molecular weight excluding hydrogens is 244 g/mol. The first-order valence-electron chi connectivity index (χ1n) is 6.36. The van der Waals surface area contributed by atoms with Gasteiger partial charge in [-0.2, -0.15) is 0 Å². The number of para-hydroxylation sites is 1. The van der Waals surface area contributed by atoms with E-state index in [1.54, 1.807) is 0 Å².